The molecule has 6 nitrogen and oxygen atoms in total. The number of carbonyl (C=O) groups excluding carboxylic acids is 1. The third-order valence-electron chi connectivity index (χ3n) is 4.09. The van der Waals surface area contributed by atoms with Crippen LogP contribution in [0.15, 0.2) is 48.9 Å². The quantitative estimate of drug-likeness (QED) is 0.723. The number of pyridine rings is 2. The third kappa shape index (κ3) is 3.12. The first-order valence-electron chi connectivity index (χ1n) is 7.64. The van der Waals surface area contributed by atoms with Gasteiger partial charge in [-0.2, -0.15) is 0 Å². The second kappa shape index (κ2) is 6.54. The van der Waals surface area contributed by atoms with Crippen LogP contribution in [0, 0.1) is 0 Å². The second-order valence-corrected chi connectivity index (χ2v) is 5.62. The van der Waals surface area contributed by atoms with Crippen LogP contribution in [0.1, 0.15) is 24.1 Å². The highest BCUT2D eigenvalue weighted by Crippen LogP contribution is 2.26. The largest absolute Gasteiger partial charge is 0.384 e. The van der Waals surface area contributed by atoms with Crippen LogP contribution in [-0.2, 0) is 4.79 Å². The van der Waals surface area contributed by atoms with Gasteiger partial charge in [0, 0.05) is 42.7 Å². The Bertz CT molecular complexity index is 882. The van der Waals surface area contributed by atoms with E-state index < -0.39 is 0 Å². The predicted octanol–water partition coefficient (Wildman–Crippen LogP) is 2.77. The smallest absolute Gasteiger partial charge is 0.246 e. The van der Waals surface area contributed by atoms with E-state index in [-0.39, 0.29) is 11.9 Å². The number of nitrogens with zero attached hydrogens (tertiary/aromatic N) is 3. The number of H-pyrrole nitrogens is 1. The van der Waals surface area contributed by atoms with Gasteiger partial charge in [-0.25, -0.2) is 9.97 Å². The number of carbonyl (C=O) groups is 1. The average molecular weight is 321 g/mol. The second-order valence-electron chi connectivity index (χ2n) is 5.62. The minimum absolute atomic E-state index is 0.0790. The number of amides is 1. The molecular weight excluding hydrogens is 302 g/mol. The lowest BCUT2D eigenvalue weighted by Crippen LogP contribution is -2.27. The summed E-state index contributed by atoms with van der Waals surface area (Å²) < 4.78 is 0. The molecule has 6 heteroatoms. The van der Waals surface area contributed by atoms with Crippen molar-refractivity contribution in [1.29, 1.82) is 0 Å². The van der Waals surface area contributed by atoms with Gasteiger partial charge >= 0.3 is 0 Å². The summed E-state index contributed by atoms with van der Waals surface area (Å²) in [7, 11) is 1.79. The maximum atomic E-state index is 12.4. The average Bonchev–Trinajstić information content (AvgIpc) is 3.03. The van der Waals surface area contributed by atoms with Crippen LogP contribution in [0.5, 0.6) is 0 Å². The number of nitrogens with two attached hydrogens (primary N) is 1. The van der Waals surface area contributed by atoms with Crippen molar-refractivity contribution < 1.29 is 4.79 Å². The van der Waals surface area contributed by atoms with E-state index in [2.05, 4.69) is 15.0 Å². The molecule has 0 aliphatic rings. The van der Waals surface area contributed by atoms with E-state index in [4.69, 9.17) is 5.73 Å². The van der Waals surface area contributed by atoms with Crippen molar-refractivity contribution in [2.24, 2.45) is 0 Å². The third-order valence-corrected chi connectivity index (χ3v) is 4.09. The van der Waals surface area contributed by atoms with E-state index in [9.17, 15) is 4.79 Å². The molecule has 0 aliphatic heterocycles. The number of aromatic nitrogens is 3. The number of likely N-dealkylation sites (N-methyl/N-ethyl adjacent to an activating group) is 1. The van der Waals surface area contributed by atoms with Crippen LogP contribution in [0.2, 0.25) is 0 Å². The standard InChI is InChI=1S/C18H19N5O/c1-12(15-11-22-18-14(15)4-3-9-20-18)23(2)17(24)8-6-13-5-7-16(19)21-10-13/h3-12H,1-2H3,(H2,19,21)(H,20,22). The lowest BCUT2D eigenvalue weighted by atomic mass is 10.1. The molecule has 3 N–H and O–H groups in total. The molecule has 0 saturated carbocycles. The van der Waals surface area contributed by atoms with Crippen molar-refractivity contribution in [3.8, 4) is 0 Å². The van der Waals surface area contributed by atoms with Crippen LogP contribution < -0.4 is 5.73 Å². The van der Waals surface area contributed by atoms with Crippen molar-refractivity contribution in [1.82, 2.24) is 19.9 Å². The van der Waals surface area contributed by atoms with Gasteiger partial charge in [-0.05, 0) is 42.8 Å². The molecule has 0 fully saturated rings. The van der Waals surface area contributed by atoms with Crippen LogP contribution in [0.3, 0.4) is 0 Å². The van der Waals surface area contributed by atoms with Crippen molar-refractivity contribution in [3.05, 3.63) is 60.1 Å². The Labute approximate surface area is 140 Å². The van der Waals surface area contributed by atoms with Crippen LogP contribution in [0.25, 0.3) is 17.1 Å². The highest BCUT2D eigenvalue weighted by molar-refractivity contribution is 5.92. The molecule has 0 spiro atoms. The molecule has 0 aliphatic carbocycles. The molecule has 0 bridgehead atoms. The van der Waals surface area contributed by atoms with Gasteiger partial charge in [0.05, 0.1) is 6.04 Å². The molecule has 1 amide bonds. The molecule has 1 unspecified atom stereocenters. The van der Waals surface area contributed by atoms with E-state index >= 15 is 0 Å². The first-order valence-corrected chi connectivity index (χ1v) is 7.64. The summed E-state index contributed by atoms with van der Waals surface area (Å²) in [6.45, 7) is 1.99. The first-order chi connectivity index (χ1) is 11.6. The summed E-state index contributed by atoms with van der Waals surface area (Å²) in [6, 6.07) is 7.34. The maximum Gasteiger partial charge on any atom is 0.246 e. The summed E-state index contributed by atoms with van der Waals surface area (Å²) in [5, 5.41) is 1.02. The Kier molecular flexibility index (Phi) is 4.29. The zero-order chi connectivity index (χ0) is 17.1. The molecule has 0 aromatic carbocycles. The summed E-state index contributed by atoms with van der Waals surface area (Å²) >= 11 is 0. The Balaban J connectivity index is 1.76. The highest BCUT2D eigenvalue weighted by atomic mass is 16.2. The van der Waals surface area contributed by atoms with Gasteiger partial charge in [0.1, 0.15) is 11.5 Å². The Hall–Kier alpha value is -3.15. The number of fused-ring (bicyclic) bond motifs is 1. The van der Waals surface area contributed by atoms with Crippen LogP contribution >= 0.6 is 0 Å². The van der Waals surface area contributed by atoms with Gasteiger partial charge in [-0.1, -0.05) is 0 Å². The highest BCUT2D eigenvalue weighted by Gasteiger charge is 2.18. The number of aromatic amines is 1. The minimum Gasteiger partial charge on any atom is -0.384 e. The van der Waals surface area contributed by atoms with Crippen molar-refractivity contribution in [2.45, 2.75) is 13.0 Å². The molecule has 24 heavy (non-hydrogen) atoms. The number of hydrogen-bond donors (Lipinski definition) is 2. The minimum atomic E-state index is -0.0856. The monoisotopic (exact) mass is 321 g/mol. The molecule has 3 aromatic rings. The summed E-state index contributed by atoms with van der Waals surface area (Å²) in [6.07, 6.45) is 8.55. The van der Waals surface area contributed by atoms with Crippen LogP contribution in [-0.4, -0.2) is 32.8 Å². The first kappa shape index (κ1) is 15.7. The van der Waals surface area contributed by atoms with Gasteiger partial charge in [0.15, 0.2) is 0 Å². The van der Waals surface area contributed by atoms with Gasteiger partial charge in [0.2, 0.25) is 5.91 Å². The van der Waals surface area contributed by atoms with Crippen molar-refractivity contribution >= 4 is 28.8 Å². The van der Waals surface area contributed by atoms with Crippen molar-refractivity contribution in [2.75, 3.05) is 12.8 Å². The van der Waals surface area contributed by atoms with E-state index in [1.54, 1.807) is 36.5 Å². The van der Waals surface area contributed by atoms with Gasteiger partial charge in [-0.3, -0.25) is 4.79 Å². The van der Waals surface area contributed by atoms with Gasteiger partial charge < -0.3 is 15.6 Å². The number of anilines is 1. The number of rotatable bonds is 4. The van der Waals surface area contributed by atoms with Gasteiger partial charge in [0.25, 0.3) is 0 Å². The van der Waals surface area contributed by atoms with E-state index in [0.717, 1.165) is 22.2 Å². The molecule has 3 rings (SSSR count). The van der Waals surface area contributed by atoms with Crippen LogP contribution in [0.4, 0.5) is 5.82 Å². The van der Waals surface area contributed by atoms with E-state index in [1.165, 1.54) is 6.08 Å². The number of nitrogens with one attached hydrogen (secondary N) is 1. The number of hydrogen-bond acceptors (Lipinski definition) is 4. The molecule has 0 radical (unpaired) electrons. The maximum absolute atomic E-state index is 12.4. The summed E-state index contributed by atoms with van der Waals surface area (Å²) in [5.41, 5.74) is 8.24. The summed E-state index contributed by atoms with van der Waals surface area (Å²) in [4.78, 5) is 25.5. The lowest BCUT2D eigenvalue weighted by molar-refractivity contribution is -0.126. The molecular formula is C18H19N5O. The zero-order valence-electron chi connectivity index (χ0n) is 13.6. The predicted molar refractivity (Wildman–Crippen MR) is 95.0 cm³/mol. The SMILES string of the molecule is CC(c1c[nH]c2ncccc12)N(C)C(=O)C=Cc1ccc(N)nc1. The van der Waals surface area contributed by atoms with E-state index in [0.29, 0.717) is 5.82 Å². The fourth-order valence-corrected chi connectivity index (χ4v) is 2.52. The zero-order valence-corrected chi connectivity index (χ0v) is 13.6. The van der Waals surface area contributed by atoms with Gasteiger partial charge in [-0.15, -0.1) is 0 Å². The summed E-state index contributed by atoms with van der Waals surface area (Å²) in [5.74, 6) is 0.370. The number of nitrogen functional groups attached to an aromatic ring is 1. The van der Waals surface area contributed by atoms with Crippen molar-refractivity contribution in [3.63, 3.8) is 0 Å². The molecule has 3 heterocycles. The Morgan fingerprint density at radius 1 is 1.33 bits per heavy atom. The molecule has 0 saturated heterocycles. The fraction of sp³-hybridized carbons (Fsp3) is 0.167. The fourth-order valence-electron chi connectivity index (χ4n) is 2.52. The normalized spacial score (nSPS) is 12.6. The Morgan fingerprint density at radius 3 is 2.92 bits per heavy atom. The Morgan fingerprint density at radius 2 is 2.17 bits per heavy atom. The molecule has 122 valence electrons. The lowest BCUT2D eigenvalue weighted by Gasteiger charge is -2.23. The molecule has 1 atom stereocenters. The molecule has 3 aromatic heterocycles. The topological polar surface area (TPSA) is 87.9 Å². The van der Waals surface area contributed by atoms with E-state index in [1.807, 2.05) is 31.3 Å².